The molecule has 8 nitrogen and oxygen atoms in total. The molecule has 31 heavy (non-hydrogen) atoms. The van der Waals surface area contributed by atoms with Crippen LogP contribution in [0.15, 0.2) is 29.6 Å². The normalized spacial score (nSPS) is 13.5. The molecule has 0 aliphatic heterocycles. The number of nitrogens with one attached hydrogen (secondary N) is 3. The summed E-state index contributed by atoms with van der Waals surface area (Å²) in [5, 5.41) is 10.3. The van der Waals surface area contributed by atoms with Gasteiger partial charge in [-0.15, -0.1) is 11.3 Å². The number of anilines is 2. The SMILES string of the molecule is COc1cc(NC(=O)c2cccs2)c(OC)cc1NC(=O)CCC(=O)NC1CCCC1. The van der Waals surface area contributed by atoms with Crippen LogP contribution in [0.3, 0.4) is 0 Å². The summed E-state index contributed by atoms with van der Waals surface area (Å²) >= 11 is 1.33. The number of amides is 3. The Morgan fingerprint density at radius 3 is 2.16 bits per heavy atom. The maximum absolute atomic E-state index is 12.4. The lowest BCUT2D eigenvalue weighted by Gasteiger charge is -2.16. The molecule has 9 heteroatoms. The predicted molar refractivity (Wildman–Crippen MR) is 120 cm³/mol. The first-order valence-corrected chi connectivity index (χ1v) is 11.1. The van der Waals surface area contributed by atoms with Crippen molar-refractivity contribution in [1.29, 1.82) is 0 Å². The maximum atomic E-state index is 12.4. The van der Waals surface area contributed by atoms with E-state index in [4.69, 9.17) is 9.47 Å². The Balaban J connectivity index is 1.62. The van der Waals surface area contributed by atoms with Crippen molar-refractivity contribution < 1.29 is 23.9 Å². The lowest BCUT2D eigenvalue weighted by atomic mass is 10.2. The van der Waals surface area contributed by atoms with E-state index in [1.54, 1.807) is 24.3 Å². The minimum Gasteiger partial charge on any atom is -0.494 e. The molecule has 3 N–H and O–H groups in total. The number of carbonyl (C=O) groups is 3. The highest BCUT2D eigenvalue weighted by molar-refractivity contribution is 7.12. The average molecular weight is 446 g/mol. The van der Waals surface area contributed by atoms with Crippen LogP contribution in [-0.4, -0.2) is 38.0 Å². The molecule has 1 aromatic heterocycles. The third kappa shape index (κ3) is 6.21. The summed E-state index contributed by atoms with van der Waals surface area (Å²) in [5.74, 6) is 0.0574. The van der Waals surface area contributed by atoms with Gasteiger partial charge in [-0.05, 0) is 24.3 Å². The van der Waals surface area contributed by atoms with Gasteiger partial charge in [-0.25, -0.2) is 0 Å². The fraction of sp³-hybridized carbons (Fsp3) is 0.409. The summed E-state index contributed by atoms with van der Waals surface area (Å²) in [5.41, 5.74) is 0.821. The largest absolute Gasteiger partial charge is 0.494 e. The van der Waals surface area contributed by atoms with Crippen LogP contribution in [0.5, 0.6) is 11.5 Å². The standard InChI is InChI=1S/C22H27N3O5S/c1-29-17-13-16(25-22(28)19-8-5-11-31-19)18(30-2)12-15(17)24-21(27)10-9-20(26)23-14-6-3-4-7-14/h5,8,11-14H,3-4,6-7,9-10H2,1-2H3,(H,23,26)(H,24,27)(H,25,28). The number of hydrogen-bond acceptors (Lipinski definition) is 6. The highest BCUT2D eigenvalue weighted by Crippen LogP contribution is 2.37. The Labute approximate surface area is 185 Å². The zero-order valence-electron chi connectivity index (χ0n) is 17.7. The molecule has 2 aromatic rings. The van der Waals surface area contributed by atoms with E-state index >= 15 is 0 Å². The van der Waals surface area contributed by atoms with Crippen molar-refractivity contribution in [2.75, 3.05) is 24.9 Å². The smallest absolute Gasteiger partial charge is 0.265 e. The van der Waals surface area contributed by atoms with Crippen LogP contribution in [0.2, 0.25) is 0 Å². The van der Waals surface area contributed by atoms with Crippen molar-refractivity contribution in [3.63, 3.8) is 0 Å². The quantitative estimate of drug-likeness (QED) is 0.545. The van der Waals surface area contributed by atoms with Crippen LogP contribution in [0.4, 0.5) is 11.4 Å². The fourth-order valence-electron chi connectivity index (χ4n) is 3.49. The summed E-state index contributed by atoms with van der Waals surface area (Å²) in [6.45, 7) is 0. The fourth-order valence-corrected chi connectivity index (χ4v) is 4.11. The van der Waals surface area contributed by atoms with Gasteiger partial charge in [-0.1, -0.05) is 18.9 Å². The molecule has 1 aliphatic carbocycles. The number of rotatable bonds is 9. The Bertz CT molecular complexity index is 923. The Morgan fingerprint density at radius 1 is 0.968 bits per heavy atom. The van der Waals surface area contributed by atoms with Gasteiger partial charge in [0.2, 0.25) is 11.8 Å². The number of hydrogen-bond donors (Lipinski definition) is 3. The molecule has 1 aromatic carbocycles. The van der Waals surface area contributed by atoms with Gasteiger partial charge >= 0.3 is 0 Å². The van der Waals surface area contributed by atoms with Gasteiger partial charge in [-0.2, -0.15) is 0 Å². The molecule has 1 aliphatic rings. The summed E-state index contributed by atoms with van der Waals surface area (Å²) in [6.07, 6.45) is 4.46. The van der Waals surface area contributed by atoms with E-state index in [1.165, 1.54) is 25.6 Å². The second kappa shape index (κ2) is 10.8. The van der Waals surface area contributed by atoms with Crippen LogP contribution in [0.25, 0.3) is 0 Å². The number of carbonyl (C=O) groups excluding carboxylic acids is 3. The first kappa shape index (κ1) is 22.6. The van der Waals surface area contributed by atoms with E-state index in [0.29, 0.717) is 27.8 Å². The molecular weight excluding hydrogens is 418 g/mol. The molecule has 0 atom stereocenters. The van der Waals surface area contributed by atoms with Crippen molar-refractivity contribution >= 4 is 40.4 Å². The van der Waals surface area contributed by atoms with E-state index in [1.807, 2.05) is 5.38 Å². The highest BCUT2D eigenvalue weighted by atomic mass is 32.1. The first-order chi connectivity index (χ1) is 15.0. The third-order valence-electron chi connectivity index (χ3n) is 5.09. The van der Waals surface area contributed by atoms with E-state index in [-0.39, 0.29) is 36.6 Å². The highest BCUT2D eigenvalue weighted by Gasteiger charge is 2.19. The second-order valence-corrected chi connectivity index (χ2v) is 8.23. The molecule has 0 radical (unpaired) electrons. The Hall–Kier alpha value is -3.07. The minimum atomic E-state index is -0.308. The topological polar surface area (TPSA) is 106 Å². The van der Waals surface area contributed by atoms with Crippen molar-refractivity contribution in [2.24, 2.45) is 0 Å². The lowest BCUT2D eigenvalue weighted by molar-refractivity contribution is -0.124. The molecule has 166 valence electrons. The van der Waals surface area contributed by atoms with Crippen LogP contribution < -0.4 is 25.4 Å². The molecule has 0 unspecified atom stereocenters. The van der Waals surface area contributed by atoms with Crippen molar-refractivity contribution in [3.8, 4) is 11.5 Å². The van der Waals surface area contributed by atoms with Crippen LogP contribution >= 0.6 is 11.3 Å². The maximum Gasteiger partial charge on any atom is 0.265 e. The van der Waals surface area contributed by atoms with Gasteiger partial charge < -0.3 is 25.4 Å². The van der Waals surface area contributed by atoms with Crippen molar-refractivity contribution in [1.82, 2.24) is 5.32 Å². The predicted octanol–water partition coefficient (Wildman–Crippen LogP) is 3.80. The first-order valence-electron chi connectivity index (χ1n) is 10.2. The molecule has 3 rings (SSSR count). The molecule has 0 spiro atoms. The lowest BCUT2D eigenvalue weighted by Crippen LogP contribution is -2.33. The second-order valence-electron chi connectivity index (χ2n) is 7.28. The van der Waals surface area contributed by atoms with Crippen LogP contribution in [0.1, 0.15) is 48.2 Å². The summed E-state index contributed by atoms with van der Waals surface area (Å²) in [6, 6.07) is 6.92. The summed E-state index contributed by atoms with van der Waals surface area (Å²) in [4.78, 5) is 37.4. The van der Waals surface area contributed by atoms with Gasteiger partial charge in [0.1, 0.15) is 11.5 Å². The summed E-state index contributed by atoms with van der Waals surface area (Å²) < 4.78 is 10.8. The minimum absolute atomic E-state index is 0.0564. The Kier molecular flexibility index (Phi) is 7.88. The number of ether oxygens (including phenoxy) is 2. The van der Waals surface area contributed by atoms with Gasteiger partial charge in [0.25, 0.3) is 5.91 Å². The summed E-state index contributed by atoms with van der Waals surface area (Å²) in [7, 11) is 2.94. The monoisotopic (exact) mass is 445 g/mol. The van der Waals surface area contributed by atoms with Crippen LogP contribution in [0, 0.1) is 0 Å². The van der Waals surface area contributed by atoms with Crippen LogP contribution in [-0.2, 0) is 9.59 Å². The molecule has 1 saturated carbocycles. The molecule has 0 bridgehead atoms. The van der Waals surface area contributed by atoms with E-state index < -0.39 is 0 Å². The Morgan fingerprint density at radius 2 is 1.58 bits per heavy atom. The number of benzene rings is 1. The van der Waals surface area contributed by atoms with Crippen molar-refractivity contribution in [3.05, 3.63) is 34.5 Å². The van der Waals surface area contributed by atoms with E-state index in [9.17, 15) is 14.4 Å². The average Bonchev–Trinajstić information content (AvgIpc) is 3.47. The number of thiophene rings is 1. The molecule has 3 amide bonds. The van der Waals surface area contributed by atoms with Gasteiger partial charge in [0.05, 0.1) is 30.5 Å². The third-order valence-corrected chi connectivity index (χ3v) is 5.96. The molecular formula is C22H27N3O5S. The molecule has 1 heterocycles. The zero-order valence-corrected chi connectivity index (χ0v) is 18.5. The van der Waals surface area contributed by atoms with E-state index in [0.717, 1.165) is 25.7 Å². The van der Waals surface area contributed by atoms with E-state index in [2.05, 4.69) is 16.0 Å². The zero-order chi connectivity index (χ0) is 22.2. The van der Waals surface area contributed by atoms with Gasteiger partial charge in [0, 0.05) is 31.0 Å². The van der Waals surface area contributed by atoms with Gasteiger partial charge in [0.15, 0.2) is 0 Å². The molecule has 0 saturated heterocycles. The number of methoxy groups -OCH3 is 2. The molecule has 1 fully saturated rings. The van der Waals surface area contributed by atoms with Crippen molar-refractivity contribution in [2.45, 2.75) is 44.6 Å². The van der Waals surface area contributed by atoms with Gasteiger partial charge in [-0.3, -0.25) is 14.4 Å².